The molecule has 0 bridgehead atoms. The molecule has 3 rings (SSSR count). The van der Waals surface area contributed by atoms with Crippen LogP contribution in [0, 0.1) is 5.82 Å². The van der Waals surface area contributed by atoms with Gasteiger partial charge in [-0.1, -0.05) is 32.1 Å². The number of hydrogen-bond acceptors (Lipinski definition) is 5. The SMILES string of the molecule is CCCN(CCC)S(=O)(=O)c1ccc(CCC=CC(=O)Nc2nc(-c3ccc(F)cc3)cs2)cc1. The highest BCUT2D eigenvalue weighted by molar-refractivity contribution is 7.89. The normalized spacial score (nSPS) is 11.9. The lowest BCUT2D eigenvalue weighted by Gasteiger charge is -2.21. The number of carbonyl (C=O) groups is 1. The van der Waals surface area contributed by atoms with Gasteiger partial charge in [-0.15, -0.1) is 11.3 Å². The molecule has 6 nitrogen and oxygen atoms in total. The molecule has 0 saturated heterocycles. The van der Waals surface area contributed by atoms with Gasteiger partial charge >= 0.3 is 0 Å². The number of aryl methyl sites for hydroxylation is 1. The number of sulfonamides is 1. The van der Waals surface area contributed by atoms with Crippen molar-refractivity contribution in [1.29, 1.82) is 0 Å². The van der Waals surface area contributed by atoms with Gasteiger partial charge in [0.1, 0.15) is 5.82 Å². The van der Waals surface area contributed by atoms with Gasteiger partial charge in [0.15, 0.2) is 5.13 Å². The van der Waals surface area contributed by atoms with Crippen LogP contribution in [0.3, 0.4) is 0 Å². The first-order valence-electron chi connectivity index (χ1n) is 11.6. The zero-order valence-corrected chi connectivity index (χ0v) is 21.5. The molecule has 2 aromatic carbocycles. The third-order valence-corrected chi connectivity index (χ3v) is 7.92. The second kappa shape index (κ2) is 12.7. The fourth-order valence-electron chi connectivity index (χ4n) is 3.50. The van der Waals surface area contributed by atoms with Crippen LogP contribution in [0.4, 0.5) is 9.52 Å². The number of halogens is 1. The van der Waals surface area contributed by atoms with Crippen molar-refractivity contribution in [1.82, 2.24) is 9.29 Å². The number of allylic oxidation sites excluding steroid dienone is 1. The van der Waals surface area contributed by atoms with Gasteiger partial charge in [0.05, 0.1) is 10.6 Å². The molecule has 0 atom stereocenters. The minimum absolute atomic E-state index is 0.279. The van der Waals surface area contributed by atoms with E-state index in [1.165, 1.54) is 33.9 Å². The van der Waals surface area contributed by atoms with Crippen LogP contribution in [0.15, 0.2) is 71.0 Å². The van der Waals surface area contributed by atoms with Gasteiger partial charge < -0.3 is 0 Å². The molecule has 0 saturated carbocycles. The zero-order chi connectivity index (χ0) is 25.3. The van der Waals surface area contributed by atoms with Gasteiger partial charge in [-0.3, -0.25) is 10.1 Å². The lowest BCUT2D eigenvalue weighted by molar-refractivity contribution is -0.111. The quantitative estimate of drug-likeness (QED) is 0.305. The van der Waals surface area contributed by atoms with Crippen molar-refractivity contribution in [2.75, 3.05) is 18.4 Å². The van der Waals surface area contributed by atoms with Crippen molar-refractivity contribution < 1.29 is 17.6 Å². The van der Waals surface area contributed by atoms with Crippen LogP contribution in [0.5, 0.6) is 0 Å². The molecule has 0 fully saturated rings. The predicted octanol–water partition coefficient (Wildman–Crippen LogP) is 5.89. The monoisotopic (exact) mass is 515 g/mol. The van der Waals surface area contributed by atoms with E-state index in [0.29, 0.717) is 41.7 Å². The van der Waals surface area contributed by atoms with Crippen molar-refractivity contribution in [2.45, 2.75) is 44.4 Å². The Kier molecular flexibility index (Phi) is 9.71. The predicted molar refractivity (Wildman–Crippen MR) is 139 cm³/mol. The van der Waals surface area contributed by atoms with E-state index in [1.807, 2.05) is 26.0 Å². The van der Waals surface area contributed by atoms with E-state index in [2.05, 4.69) is 10.3 Å². The molecule has 9 heteroatoms. The molecule has 186 valence electrons. The first-order valence-corrected chi connectivity index (χ1v) is 13.9. The van der Waals surface area contributed by atoms with Gasteiger partial charge in [-0.25, -0.2) is 17.8 Å². The number of aromatic nitrogens is 1. The van der Waals surface area contributed by atoms with Crippen molar-refractivity contribution in [3.05, 3.63) is 77.4 Å². The Morgan fingerprint density at radius 2 is 1.71 bits per heavy atom. The van der Waals surface area contributed by atoms with Crippen LogP contribution in [0.2, 0.25) is 0 Å². The lowest BCUT2D eigenvalue weighted by atomic mass is 10.1. The zero-order valence-electron chi connectivity index (χ0n) is 19.9. The van der Waals surface area contributed by atoms with Crippen molar-refractivity contribution in [2.24, 2.45) is 0 Å². The Hall–Kier alpha value is -2.88. The highest BCUT2D eigenvalue weighted by Gasteiger charge is 2.22. The summed E-state index contributed by atoms with van der Waals surface area (Å²) in [6.45, 7) is 4.97. The summed E-state index contributed by atoms with van der Waals surface area (Å²) in [5, 5.41) is 5.01. The van der Waals surface area contributed by atoms with Crippen molar-refractivity contribution in [3.8, 4) is 11.3 Å². The number of rotatable bonds is 12. The van der Waals surface area contributed by atoms with E-state index < -0.39 is 10.0 Å². The van der Waals surface area contributed by atoms with Crippen molar-refractivity contribution >= 4 is 32.4 Å². The molecule has 0 spiro atoms. The maximum atomic E-state index is 13.1. The molecule has 1 aromatic heterocycles. The van der Waals surface area contributed by atoms with Gasteiger partial charge in [-0.05, 0) is 73.7 Å². The summed E-state index contributed by atoms with van der Waals surface area (Å²) in [6.07, 6.45) is 6.11. The third-order valence-electron chi connectivity index (χ3n) is 5.25. The van der Waals surface area contributed by atoms with Crippen LogP contribution in [0.25, 0.3) is 11.3 Å². The Bertz CT molecular complexity index is 1230. The largest absolute Gasteiger partial charge is 0.298 e. The van der Waals surface area contributed by atoms with Gasteiger partial charge in [0.25, 0.3) is 0 Å². The average molecular weight is 516 g/mol. The molecule has 0 aliphatic rings. The lowest BCUT2D eigenvalue weighted by Crippen LogP contribution is -2.32. The number of benzene rings is 2. The Morgan fingerprint density at radius 3 is 2.34 bits per heavy atom. The topological polar surface area (TPSA) is 79.4 Å². The van der Waals surface area contributed by atoms with Crippen LogP contribution in [-0.4, -0.2) is 36.7 Å². The molecular formula is C26H30FN3O3S2. The smallest absolute Gasteiger partial charge is 0.249 e. The summed E-state index contributed by atoms with van der Waals surface area (Å²) in [4.78, 5) is 16.9. The minimum Gasteiger partial charge on any atom is -0.298 e. The molecule has 35 heavy (non-hydrogen) atoms. The Labute approximate surface area is 210 Å². The molecule has 3 aromatic rings. The summed E-state index contributed by atoms with van der Waals surface area (Å²) in [6, 6.07) is 13.0. The minimum atomic E-state index is -3.48. The second-order valence-corrected chi connectivity index (χ2v) is 10.8. The summed E-state index contributed by atoms with van der Waals surface area (Å²) in [7, 11) is -3.48. The fraction of sp³-hybridized carbons (Fsp3) is 0.308. The van der Waals surface area contributed by atoms with E-state index in [1.54, 1.807) is 35.7 Å². The molecule has 1 amide bonds. The Balaban J connectivity index is 1.50. The summed E-state index contributed by atoms with van der Waals surface area (Å²) < 4.78 is 40.3. The molecule has 0 aliphatic carbocycles. The summed E-state index contributed by atoms with van der Waals surface area (Å²) in [5.41, 5.74) is 2.45. The van der Waals surface area contributed by atoms with Gasteiger partial charge in [0.2, 0.25) is 15.9 Å². The number of anilines is 1. The second-order valence-electron chi connectivity index (χ2n) is 8.02. The Morgan fingerprint density at radius 1 is 1.06 bits per heavy atom. The van der Waals surface area contributed by atoms with E-state index in [9.17, 15) is 17.6 Å². The number of nitrogens with zero attached hydrogens (tertiary/aromatic N) is 2. The standard InChI is InChI=1S/C26H30FN3O3S2/c1-3-17-30(18-4-2)35(32,33)23-15-9-20(10-16-23)7-5-6-8-25(31)29-26-28-24(19-34-26)21-11-13-22(27)14-12-21/h6,8-16,19H,3-5,7,17-18H2,1-2H3,(H,28,29,31). The molecular weight excluding hydrogens is 485 g/mol. The fourth-order valence-corrected chi connectivity index (χ4v) is 5.85. The number of amides is 1. The molecule has 1 heterocycles. The average Bonchev–Trinajstić information content (AvgIpc) is 3.31. The summed E-state index contributed by atoms with van der Waals surface area (Å²) in [5.74, 6) is -0.590. The number of hydrogen-bond donors (Lipinski definition) is 1. The summed E-state index contributed by atoms with van der Waals surface area (Å²) >= 11 is 1.30. The van der Waals surface area contributed by atoms with Gasteiger partial charge in [-0.2, -0.15) is 4.31 Å². The molecule has 0 unspecified atom stereocenters. The number of thiazole rings is 1. The maximum Gasteiger partial charge on any atom is 0.249 e. The van der Waals surface area contributed by atoms with Crippen LogP contribution >= 0.6 is 11.3 Å². The van der Waals surface area contributed by atoms with E-state index in [-0.39, 0.29) is 11.7 Å². The van der Waals surface area contributed by atoms with E-state index in [4.69, 9.17) is 0 Å². The highest BCUT2D eigenvalue weighted by atomic mass is 32.2. The van der Waals surface area contributed by atoms with Crippen LogP contribution in [0.1, 0.15) is 38.7 Å². The van der Waals surface area contributed by atoms with E-state index in [0.717, 1.165) is 24.0 Å². The molecule has 0 aliphatic heterocycles. The van der Waals surface area contributed by atoms with Crippen molar-refractivity contribution in [3.63, 3.8) is 0 Å². The number of carbonyl (C=O) groups excluding carboxylic acids is 1. The number of nitrogens with one attached hydrogen (secondary N) is 1. The third kappa shape index (κ3) is 7.55. The first kappa shape index (κ1) is 26.7. The van der Waals surface area contributed by atoms with E-state index >= 15 is 0 Å². The molecule has 0 radical (unpaired) electrons. The highest BCUT2D eigenvalue weighted by Crippen LogP contribution is 2.25. The molecule has 1 N–H and O–H groups in total. The van der Waals surface area contributed by atoms with Crippen LogP contribution < -0.4 is 5.32 Å². The van der Waals surface area contributed by atoms with Crippen LogP contribution in [-0.2, 0) is 21.2 Å². The first-order chi connectivity index (χ1) is 16.8. The maximum absolute atomic E-state index is 13.1. The van der Waals surface area contributed by atoms with Gasteiger partial charge in [0, 0.05) is 24.0 Å².